The number of fused-ring (bicyclic) bond motifs is 3. The van der Waals surface area contributed by atoms with Gasteiger partial charge in [0.05, 0.1) is 17.8 Å². The molecular weight excluding hydrogens is 374 g/mol. The molecule has 1 fully saturated rings. The summed E-state index contributed by atoms with van der Waals surface area (Å²) in [4.78, 5) is 43.9. The number of carbonyl (C=O) groups is 3. The van der Waals surface area contributed by atoms with Crippen LogP contribution in [0.2, 0.25) is 0 Å². The molecule has 0 radical (unpaired) electrons. The van der Waals surface area contributed by atoms with Crippen LogP contribution < -0.4 is 10.2 Å². The van der Waals surface area contributed by atoms with E-state index in [-0.39, 0.29) is 24.3 Å². The highest BCUT2D eigenvalue weighted by molar-refractivity contribution is 7.11. The standard InChI is InChI=1S/C21H23N3O3S/c1-3-14-8-9-15(28-14)12-22-18(25)13-23-20(27)16-6-4-5-7-17(16)24-19(26)10-11-21(23,24)2/h4-9H,3,10-13H2,1-2H3,(H,22,25)/t21-/m0/s1. The van der Waals surface area contributed by atoms with Crippen molar-refractivity contribution < 1.29 is 14.4 Å². The maximum Gasteiger partial charge on any atom is 0.258 e. The largest absolute Gasteiger partial charge is 0.350 e. The van der Waals surface area contributed by atoms with Crippen LogP contribution >= 0.6 is 11.3 Å². The molecule has 3 amide bonds. The number of benzene rings is 1. The third kappa shape index (κ3) is 2.99. The molecule has 2 aliphatic rings. The van der Waals surface area contributed by atoms with Crippen molar-refractivity contribution in [2.24, 2.45) is 0 Å². The fourth-order valence-corrected chi connectivity index (χ4v) is 4.93. The highest BCUT2D eigenvalue weighted by atomic mass is 32.1. The number of nitrogens with one attached hydrogen (secondary N) is 1. The number of hydrogen-bond donors (Lipinski definition) is 1. The zero-order chi connectivity index (χ0) is 19.9. The summed E-state index contributed by atoms with van der Waals surface area (Å²) in [7, 11) is 0. The first kappa shape index (κ1) is 18.7. The Morgan fingerprint density at radius 3 is 2.68 bits per heavy atom. The fraction of sp³-hybridized carbons (Fsp3) is 0.381. The minimum Gasteiger partial charge on any atom is -0.350 e. The molecule has 0 spiro atoms. The summed E-state index contributed by atoms with van der Waals surface area (Å²) in [6, 6.07) is 11.2. The summed E-state index contributed by atoms with van der Waals surface area (Å²) in [5.74, 6) is -0.443. The molecule has 28 heavy (non-hydrogen) atoms. The smallest absolute Gasteiger partial charge is 0.258 e. The first-order chi connectivity index (χ1) is 13.4. The summed E-state index contributed by atoms with van der Waals surface area (Å²) < 4.78 is 0. The van der Waals surface area contributed by atoms with E-state index in [4.69, 9.17) is 0 Å². The molecule has 0 saturated carbocycles. The van der Waals surface area contributed by atoms with Crippen LogP contribution in [0.5, 0.6) is 0 Å². The normalized spacial score (nSPS) is 20.9. The van der Waals surface area contributed by atoms with Gasteiger partial charge in [0.15, 0.2) is 0 Å². The van der Waals surface area contributed by atoms with Crippen molar-refractivity contribution in [1.29, 1.82) is 0 Å². The fourth-order valence-electron chi connectivity index (χ4n) is 4.03. The van der Waals surface area contributed by atoms with Crippen LogP contribution in [0.4, 0.5) is 5.69 Å². The lowest BCUT2D eigenvalue weighted by atomic mass is 9.98. The van der Waals surface area contributed by atoms with E-state index in [1.54, 1.807) is 39.3 Å². The predicted octanol–water partition coefficient (Wildman–Crippen LogP) is 2.93. The van der Waals surface area contributed by atoms with E-state index in [0.717, 1.165) is 11.3 Å². The Labute approximate surface area is 168 Å². The van der Waals surface area contributed by atoms with Crippen molar-refractivity contribution >= 4 is 34.7 Å². The Morgan fingerprint density at radius 2 is 1.93 bits per heavy atom. The van der Waals surface area contributed by atoms with E-state index in [9.17, 15) is 14.4 Å². The second kappa shape index (κ2) is 7.05. The molecule has 0 bridgehead atoms. The van der Waals surface area contributed by atoms with E-state index < -0.39 is 5.66 Å². The van der Waals surface area contributed by atoms with Crippen LogP contribution in [0.1, 0.15) is 46.8 Å². The summed E-state index contributed by atoms with van der Waals surface area (Å²) in [6.45, 7) is 4.34. The minimum absolute atomic E-state index is 0.0152. The van der Waals surface area contributed by atoms with Crippen molar-refractivity contribution in [1.82, 2.24) is 10.2 Å². The van der Waals surface area contributed by atoms with Crippen LogP contribution in [0.15, 0.2) is 36.4 Å². The lowest BCUT2D eigenvalue weighted by Gasteiger charge is -2.48. The van der Waals surface area contributed by atoms with Gasteiger partial charge >= 0.3 is 0 Å². The molecule has 3 heterocycles. The zero-order valence-corrected chi connectivity index (χ0v) is 16.8. The van der Waals surface area contributed by atoms with Crippen LogP contribution in [0, 0.1) is 0 Å². The van der Waals surface area contributed by atoms with Crippen molar-refractivity contribution in [3.8, 4) is 0 Å². The molecular formula is C21H23N3O3S. The van der Waals surface area contributed by atoms with Crippen LogP contribution in [-0.4, -0.2) is 34.8 Å². The van der Waals surface area contributed by atoms with Crippen molar-refractivity contribution in [3.05, 3.63) is 51.7 Å². The second-order valence-electron chi connectivity index (χ2n) is 7.35. The van der Waals surface area contributed by atoms with E-state index >= 15 is 0 Å². The molecule has 1 saturated heterocycles. The van der Waals surface area contributed by atoms with Gasteiger partial charge in [0.25, 0.3) is 5.91 Å². The molecule has 0 aliphatic carbocycles. The predicted molar refractivity (Wildman–Crippen MR) is 108 cm³/mol. The number of anilines is 1. The monoisotopic (exact) mass is 397 g/mol. The van der Waals surface area contributed by atoms with Gasteiger partial charge in [-0.15, -0.1) is 11.3 Å². The first-order valence-corrected chi connectivity index (χ1v) is 10.3. The van der Waals surface area contributed by atoms with E-state index in [1.165, 1.54) is 4.88 Å². The van der Waals surface area contributed by atoms with E-state index in [0.29, 0.717) is 30.6 Å². The highest BCUT2D eigenvalue weighted by Gasteiger charge is 2.53. The lowest BCUT2D eigenvalue weighted by Crippen LogP contribution is -2.63. The molecule has 1 N–H and O–H groups in total. The maximum absolute atomic E-state index is 13.1. The van der Waals surface area contributed by atoms with E-state index in [1.807, 2.05) is 19.1 Å². The van der Waals surface area contributed by atoms with Crippen molar-refractivity contribution in [2.75, 3.05) is 11.4 Å². The minimum atomic E-state index is -0.807. The van der Waals surface area contributed by atoms with Gasteiger partial charge in [-0.05, 0) is 44.0 Å². The van der Waals surface area contributed by atoms with E-state index in [2.05, 4.69) is 18.3 Å². The Bertz CT molecular complexity index is 954. The number of aryl methyl sites for hydroxylation is 1. The number of carbonyl (C=O) groups excluding carboxylic acids is 3. The third-order valence-corrected chi connectivity index (χ3v) is 6.80. The molecule has 0 unspecified atom stereocenters. The van der Waals surface area contributed by atoms with Gasteiger partial charge in [-0.2, -0.15) is 0 Å². The maximum atomic E-state index is 13.1. The average Bonchev–Trinajstić information content (AvgIpc) is 3.28. The molecule has 7 heteroatoms. The average molecular weight is 398 g/mol. The molecule has 6 nitrogen and oxygen atoms in total. The number of para-hydroxylation sites is 1. The Hall–Kier alpha value is -2.67. The summed E-state index contributed by atoms with van der Waals surface area (Å²) in [6.07, 6.45) is 1.86. The van der Waals surface area contributed by atoms with Gasteiger partial charge in [-0.3, -0.25) is 19.3 Å². The molecule has 146 valence electrons. The Morgan fingerprint density at radius 1 is 1.18 bits per heavy atom. The van der Waals surface area contributed by atoms with Crippen molar-refractivity contribution in [2.45, 2.75) is 45.3 Å². The summed E-state index contributed by atoms with van der Waals surface area (Å²) in [5.41, 5.74) is 0.298. The second-order valence-corrected chi connectivity index (χ2v) is 8.61. The highest BCUT2D eigenvalue weighted by Crippen LogP contribution is 2.43. The van der Waals surface area contributed by atoms with Gasteiger partial charge in [-0.1, -0.05) is 19.1 Å². The zero-order valence-electron chi connectivity index (χ0n) is 16.0. The van der Waals surface area contributed by atoms with Gasteiger partial charge in [0.1, 0.15) is 12.2 Å². The molecule has 1 aromatic carbocycles. The topological polar surface area (TPSA) is 69.7 Å². The van der Waals surface area contributed by atoms with Gasteiger partial charge in [0.2, 0.25) is 11.8 Å². The number of hydrogen-bond acceptors (Lipinski definition) is 4. The van der Waals surface area contributed by atoms with Gasteiger partial charge < -0.3 is 10.2 Å². The molecule has 1 aromatic heterocycles. The van der Waals surface area contributed by atoms with Crippen LogP contribution in [0.3, 0.4) is 0 Å². The number of amides is 3. The number of rotatable bonds is 5. The molecule has 2 aliphatic heterocycles. The lowest BCUT2D eigenvalue weighted by molar-refractivity contribution is -0.124. The summed E-state index contributed by atoms with van der Waals surface area (Å²) >= 11 is 1.68. The van der Waals surface area contributed by atoms with Gasteiger partial charge in [-0.25, -0.2) is 0 Å². The SMILES string of the molecule is CCc1ccc(CNC(=O)CN2C(=O)c3ccccc3N3C(=O)CC[C@@]23C)s1. The van der Waals surface area contributed by atoms with Crippen LogP contribution in [0.25, 0.3) is 0 Å². The summed E-state index contributed by atoms with van der Waals surface area (Å²) in [5, 5.41) is 2.91. The number of thiophene rings is 1. The van der Waals surface area contributed by atoms with Crippen LogP contribution in [-0.2, 0) is 22.6 Å². The van der Waals surface area contributed by atoms with Crippen molar-refractivity contribution in [3.63, 3.8) is 0 Å². The first-order valence-electron chi connectivity index (χ1n) is 9.52. The molecule has 4 rings (SSSR count). The van der Waals surface area contributed by atoms with Gasteiger partial charge in [0, 0.05) is 16.2 Å². The third-order valence-electron chi connectivity index (χ3n) is 5.57. The molecule has 1 atom stereocenters. The molecule has 2 aromatic rings. The quantitative estimate of drug-likeness (QED) is 0.843. The number of nitrogens with zero attached hydrogens (tertiary/aromatic N) is 2. The Kier molecular flexibility index (Phi) is 4.71. The Balaban J connectivity index is 1.54.